The van der Waals surface area contributed by atoms with E-state index < -0.39 is 5.41 Å². The predicted octanol–water partition coefficient (Wildman–Crippen LogP) is 3.63. The van der Waals surface area contributed by atoms with Crippen LogP contribution in [-0.2, 0) is 23.1 Å². The first-order valence-electron chi connectivity index (χ1n) is 6.15. The fourth-order valence-electron chi connectivity index (χ4n) is 2.84. The number of fused-ring (bicyclic) bond motifs is 1. The van der Waals surface area contributed by atoms with Gasteiger partial charge in [-0.15, -0.1) is 0 Å². The summed E-state index contributed by atoms with van der Waals surface area (Å²) in [5.74, 6) is -0.309. The number of hydrogen-bond acceptors (Lipinski definition) is 1. The summed E-state index contributed by atoms with van der Waals surface area (Å²) in [5, 5.41) is -0.379. The van der Waals surface area contributed by atoms with E-state index in [9.17, 15) is 9.18 Å². The minimum Gasteiger partial charge on any atom is -0.280 e. The Kier molecular flexibility index (Phi) is 2.90. The van der Waals surface area contributed by atoms with Crippen molar-refractivity contribution in [2.45, 2.75) is 18.3 Å². The second-order valence-corrected chi connectivity index (χ2v) is 5.33. The first-order chi connectivity index (χ1) is 9.12. The second kappa shape index (κ2) is 4.46. The van der Waals surface area contributed by atoms with Crippen molar-refractivity contribution < 1.29 is 9.18 Å². The van der Waals surface area contributed by atoms with Gasteiger partial charge in [0.25, 0.3) is 0 Å². The Morgan fingerprint density at radius 1 is 1.00 bits per heavy atom. The zero-order valence-corrected chi connectivity index (χ0v) is 11.0. The minimum atomic E-state index is -0.751. The van der Waals surface area contributed by atoms with Gasteiger partial charge in [0, 0.05) is 0 Å². The Hall–Kier alpha value is -1.67. The Balaban J connectivity index is 2.09. The third kappa shape index (κ3) is 1.96. The van der Waals surface area contributed by atoms with E-state index in [1.807, 2.05) is 24.3 Å². The molecular formula is C16H12ClFO. The highest BCUT2D eigenvalue weighted by Crippen LogP contribution is 2.41. The fourth-order valence-corrected chi connectivity index (χ4v) is 3.08. The van der Waals surface area contributed by atoms with E-state index >= 15 is 0 Å². The lowest BCUT2D eigenvalue weighted by molar-refractivity contribution is -0.116. The van der Waals surface area contributed by atoms with Crippen molar-refractivity contribution in [3.05, 3.63) is 71.0 Å². The Bertz CT molecular complexity index is 608. The van der Waals surface area contributed by atoms with Gasteiger partial charge in [-0.2, -0.15) is 0 Å². The van der Waals surface area contributed by atoms with Gasteiger partial charge < -0.3 is 0 Å². The molecule has 0 bridgehead atoms. The molecule has 96 valence electrons. The Labute approximate surface area is 116 Å². The number of hydrogen-bond donors (Lipinski definition) is 0. The summed E-state index contributed by atoms with van der Waals surface area (Å²) >= 11 is 5.87. The van der Waals surface area contributed by atoms with Crippen LogP contribution in [0.2, 0.25) is 0 Å². The number of benzene rings is 2. The maximum atomic E-state index is 13.0. The standard InChI is InChI=1S/C16H12ClFO/c17-15(19)16(13-5-7-14(18)8-6-13)9-11-3-1-2-4-12(11)10-16/h1-8H,9-10H2. The largest absolute Gasteiger partial charge is 0.280 e. The van der Waals surface area contributed by atoms with Gasteiger partial charge in [-0.1, -0.05) is 36.4 Å². The van der Waals surface area contributed by atoms with Crippen LogP contribution in [0.25, 0.3) is 0 Å². The number of rotatable bonds is 2. The Morgan fingerprint density at radius 2 is 1.53 bits per heavy atom. The molecule has 2 aromatic carbocycles. The summed E-state index contributed by atoms with van der Waals surface area (Å²) in [4.78, 5) is 12.0. The van der Waals surface area contributed by atoms with Crippen LogP contribution in [0.1, 0.15) is 16.7 Å². The van der Waals surface area contributed by atoms with Crippen LogP contribution in [0.15, 0.2) is 48.5 Å². The molecule has 0 saturated heterocycles. The smallest absolute Gasteiger partial charge is 0.232 e. The van der Waals surface area contributed by atoms with Crippen LogP contribution < -0.4 is 0 Å². The zero-order chi connectivity index (χ0) is 13.5. The molecule has 19 heavy (non-hydrogen) atoms. The highest BCUT2D eigenvalue weighted by atomic mass is 35.5. The molecule has 0 amide bonds. The van der Waals surface area contributed by atoms with Crippen LogP contribution in [0.4, 0.5) is 4.39 Å². The van der Waals surface area contributed by atoms with Crippen LogP contribution in [0.5, 0.6) is 0 Å². The molecule has 0 atom stereocenters. The summed E-state index contributed by atoms with van der Waals surface area (Å²) in [6, 6.07) is 14.0. The van der Waals surface area contributed by atoms with Gasteiger partial charge in [0.15, 0.2) is 0 Å². The first-order valence-corrected chi connectivity index (χ1v) is 6.52. The van der Waals surface area contributed by atoms with Crippen molar-refractivity contribution in [1.82, 2.24) is 0 Å². The van der Waals surface area contributed by atoms with Crippen LogP contribution >= 0.6 is 11.6 Å². The van der Waals surface area contributed by atoms with Gasteiger partial charge in [-0.05, 0) is 53.3 Å². The molecule has 0 heterocycles. The van der Waals surface area contributed by atoms with Crippen molar-refractivity contribution >= 4 is 16.8 Å². The summed E-state index contributed by atoms with van der Waals surface area (Å²) in [6.45, 7) is 0. The van der Waals surface area contributed by atoms with Crippen LogP contribution in [-0.4, -0.2) is 5.24 Å². The average Bonchev–Trinajstić information content (AvgIpc) is 2.80. The molecule has 3 rings (SSSR count). The van der Waals surface area contributed by atoms with E-state index in [4.69, 9.17) is 11.6 Å². The molecule has 0 unspecified atom stereocenters. The van der Waals surface area contributed by atoms with Crippen LogP contribution in [0.3, 0.4) is 0 Å². The second-order valence-electron chi connectivity index (χ2n) is 4.98. The lowest BCUT2D eigenvalue weighted by Gasteiger charge is -2.25. The number of carbonyl (C=O) groups is 1. The molecule has 0 radical (unpaired) electrons. The lowest BCUT2D eigenvalue weighted by Crippen LogP contribution is -2.33. The van der Waals surface area contributed by atoms with Gasteiger partial charge in [-0.25, -0.2) is 4.39 Å². The molecule has 0 fully saturated rings. The molecule has 0 aliphatic heterocycles. The molecule has 3 heteroatoms. The molecule has 1 aliphatic carbocycles. The molecule has 0 aromatic heterocycles. The number of carbonyl (C=O) groups excluding carboxylic acids is 1. The van der Waals surface area contributed by atoms with Gasteiger partial charge in [-0.3, -0.25) is 4.79 Å². The summed E-state index contributed by atoms with van der Waals surface area (Å²) < 4.78 is 13.0. The molecule has 1 nitrogen and oxygen atoms in total. The molecule has 1 aliphatic rings. The van der Waals surface area contributed by atoms with Gasteiger partial charge in [0.1, 0.15) is 5.82 Å². The predicted molar refractivity (Wildman–Crippen MR) is 72.8 cm³/mol. The highest BCUT2D eigenvalue weighted by Gasteiger charge is 2.44. The van der Waals surface area contributed by atoms with Crippen molar-refractivity contribution in [2.24, 2.45) is 0 Å². The molecule has 2 aromatic rings. The fraction of sp³-hybridized carbons (Fsp3) is 0.188. The van der Waals surface area contributed by atoms with Gasteiger partial charge >= 0.3 is 0 Å². The number of halogens is 2. The lowest BCUT2D eigenvalue weighted by atomic mass is 9.79. The van der Waals surface area contributed by atoms with E-state index in [1.54, 1.807) is 12.1 Å². The van der Waals surface area contributed by atoms with E-state index in [0.29, 0.717) is 12.8 Å². The van der Waals surface area contributed by atoms with E-state index in [-0.39, 0.29) is 11.1 Å². The summed E-state index contributed by atoms with van der Waals surface area (Å²) in [5.41, 5.74) is 2.31. The Morgan fingerprint density at radius 3 is 2.00 bits per heavy atom. The third-order valence-electron chi connectivity index (χ3n) is 3.88. The maximum Gasteiger partial charge on any atom is 0.232 e. The highest BCUT2D eigenvalue weighted by molar-refractivity contribution is 6.65. The molecular weight excluding hydrogens is 263 g/mol. The van der Waals surface area contributed by atoms with Crippen molar-refractivity contribution in [3.63, 3.8) is 0 Å². The average molecular weight is 275 g/mol. The summed E-state index contributed by atoms with van der Waals surface area (Å²) in [7, 11) is 0. The van der Waals surface area contributed by atoms with E-state index in [1.165, 1.54) is 12.1 Å². The maximum absolute atomic E-state index is 13.0. The van der Waals surface area contributed by atoms with E-state index in [0.717, 1.165) is 16.7 Å². The van der Waals surface area contributed by atoms with Gasteiger partial charge in [0.05, 0.1) is 5.41 Å². The normalized spacial score (nSPS) is 16.1. The molecule has 0 saturated carbocycles. The monoisotopic (exact) mass is 274 g/mol. The topological polar surface area (TPSA) is 17.1 Å². The zero-order valence-electron chi connectivity index (χ0n) is 10.2. The molecule has 0 N–H and O–H groups in total. The van der Waals surface area contributed by atoms with Crippen molar-refractivity contribution in [1.29, 1.82) is 0 Å². The van der Waals surface area contributed by atoms with Crippen LogP contribution in [0, 0.1) is 5.82 Å². The minimum absolute atomic E-state index is 0.309. The van der Waals surface area contributed by atoms with Crippen molar-refractivity contribution in [3.8, 4) is 0 Å². The molecule has 0 spiro atoms. The first kappa shape index (κ1) is 12.4. The summed E-state index contributed by atoms with van der Waals surface area (Å²) in [6.07, 6.45) is 1.16. The van der Waals surface area contributed by atoms with E-state index in [2.05, 4.69) is 0 Å². The third-order valence-corrected chi connectivity index (χ3v) is 4.24. The SMILES string of the molecule is O=C(Cl)C1(c2ccc(F)cc2)Cc2ccccc2C1. The van der Waals surface area contributed by atoms with Crippen molar-refractivity contribution in [2.75, 3.05) is 0 Å². The quantitative estimate of drug-likeness (QED) is 0.765. The van der Waals surface area contributed by atoms with Gasteiger partial charge in [0.2, 0.25) is 5.24 Å².